The van der Waals surface area contributed by atoms with E-state index in [2.05, 4.69) is 137 Å². The summed E-state index contributed by atoms with van der Waals surface area (Å²) in [4.78, 5) is 2.61. The molecule has 45 heavy (non-hydrogen) atoms. The van der Waals surface area contributed by atoms with Gasteiger partial charge in [-0.15, -0.1) is 0 Å². The Kier molecular flexibility index (Phi) is 17.8. The highest BCUT2D eigenvalue weighted by Crippen LogP contribution is 2.55. The number of benzene rings is 2. The topological polar surface area (TPSA) is 0 Å². The van der Waals surface area contributed by atoms with Crippen LogP contribution in [0.1, 0.15) is 29.2 Å². The van der Waals surface area contributed by atoms with Crippen LogP contribution in [-0.2, 0) is 0 Å². The number of allylic oxidation sites excluding steroid dienone is 12. The van der Waals surface area contributed by atoms with Crippen LogP contribution in [0.2, 0.25) is 0 Å². The smallest absolute Gasteiger partial charge is 0.0700 e. The molecule has 0 saturated heterocycles. The Bertz CT molecular complexity index is 1500. The van der Waals surface area contributed by atoms with E-state index >= 15 is 0 Å². The van der Waals surface area contributed by atoms with Crippen LogP contribution >= 0.6 is 47.0 Å². The molecule has 4 rings (SSSR count). The van der Waals surface area contributed by atoms with Gasteiger partial charge >= 0.3 is 0 Å². The highest BCUT2D eigenvalue weighted by atomic mass is 32.2. The number of rotatable bonds is 10. The zero-order chi connectivity index (χ0) is 33.0. The van der Waals surface area contributed by atoms with Gasteiger partial charge in [0.1, 0.15) is 0 Å². The second-order valence-electron chi connectivity index (χ2n) is 9.88. The number of thioether (sulfide) groups is 4. The molecule has 0 N–H and O–H groups in total. The SMILES string of the molecule is C=C/C=C\C(=C)C=C.C=CC(=C)/C=C\C(=C)C.Cc1ccc(/C=C/C2=CS/C(=C3/SC=C(/C=C/c4ccc(C)cc4)S3)S2)cc1. The summed E-state index contributed by atoms with van der Waals surface area (Å²) in [5, 5.41) is 4.50. The zero-order valence-electron chi connectivity index (χ0n) is 26.5. The summed E-state index contributed by atoms with van der Waals surface area (Å²) in [6.45, 7) is 27.8. The lowest BCUT2D eigenvalue weighted by Gasteiger charge is -2.01. The minimum absolute atomic E-state index is 0.907. The number of aryl methyl sites for hydroxylation is 2. The van der Waals surface area contributed by atoms with Gasteiger partial charge in [-0.1, -0.05) is 206 Å². The van der Waals surface area contributed by atoms with E-state index in [0.717, 1.165) is 16.7 Å². The van der Waals surface area contributed by atoms with E-state index in [0.29, 0.717) is 0 Å². The van der Waals surface area contributed by atoms with Crippen LogP contribution in [-0.4, -0.2) is 0 Å². The summed E-state index contributed by atoms with van der Waals surface area (Å²) in [6.07, 6.45) is 21.4. The maximum absolute atomic E-state index is 3.70. The van der Waals surface area contributed by atoms with Crippen molar-refractivity contribution in [2.45, 2.75) is 20.8 Å². The van der Waals surface area contributed by atoms with Gasteiger partial charge in [0.25, 0.3) is 0 Å². The molecule has 2 aromatic rings. The lowest BCUT2D eigenvalue weighted by molar-refractivity contribution is 1.46. The van der Waals surface area contributed by atoms with E-state index in [4.69, 9.17) is 0 Å². The standard InChI is InChI=1S/C24H20S4.C9H12.C8H10/c1-17-3-7-19(8-4-17)11-13-21-15-25-23(27-21)24-26-16-22(28-24)14-12-20-9-5-18(2)6-10-20;1-5-9(4)7-6-8(2)3;1-4-6-7-8(3)5-2/h3-16H,1-2H3;5-7H,1-2,4H2,3H3;4-7H,1-3H2/b13-11+,14-12+,24-23+;2*7-6-. The molecule has 2 heterocycles. The predicted octanol–water partition coefficient (Wildman–Crippen LogP) is 14.1. The van der Waals surface area contributed by atoms with Crippen molar-refractivity contribution in [3.05, 3.63) is 211 Å². The zero-order valence-corrected chi connectivity index (χ0v) is 29.8. The highest BCUT2D eigenvalue weighted by molar-refractivity contribution is 8.33. The molecule has 0 fully saturated rings. The number of hydrogen-bond acceptors (Lipinski definition) is 4. The van der Waals surface area contributed by atoms with Crippen LogP contribution in [0.4, 0.5) is 0 Å². The maximum atomic E-state index is 3.70. The third-order valence-electron chi connectivity index (χ3n) is 5.74. The quantitative estimate of drug-likeness (QED) is 0.232. The summed E-state index contributed by atoms with van der Waals surface area (Å²) in [7, 11) is 0. The van der Waals surface area contributed by atoms with Gasteiger partial charge in [-0.3, -0.25) is 0 Å². The Morgan fingerprint density at radius 1 is 0.578 bits per heavy atom. The first-order valence-corrected chi connectivity index (χ1v) is 17.6. The summed E-state index contributed by atoms with van der Waals surface area (Å²) in [6, 6.07) is 17.3. The Morgan fingerprint density at radius 2 is 1.00 bits per heavy atom. The molecule has 4 heteroatoms. The molecule has 0 amide bonds. The molecule has 0 aromatic heterocycles. The fraction of sp³-hybridized carbons (Fsp3) is 0.0732. The van der Waals surface area contributed by atoms with Gasteiger partial charge in [0.05, 0.1) is 8.47 Å². The highest BCUT2D eigenvalue weighted by Gasteiger charge is 2.20. The molecule has 0 atom stereocenters. The van der Waals surface area contributed by atoms with Gasteiger partial charge in [0, 0.05) is 9.81 Å². The van der Waals surface area contributed by atoms with Crippen LogP contribution in [0.25, 0.3) is 12.2 Å². The fourth-order valence-corrected chi connectivity index (χ4v) is 7.81. The Morgan fingerprint density at radius 3 is 1.38 bits per heavy atom. The van der Waals surface area contributed by atoms with Crippen LogP contribution < -0.4 is 0 Å². The Labute approximate surface area is 289 Å². The maximum Gasteiger partial charge on any atom is 0.0700 e. The molecule has 2 aliphatic rings. The van der Waals surface area contributed by atoms with Gasteiger partial charge in [-0.2, -0.15) is 0 Å². The summed E-state index contributed by atoms with van der Waals surface area (Å²) in [5.74, 6) is 0. The van der Waals surface area contributed by atoms with Crippen molar-refractivity contribution in [2.75, 3.05) is 0 Å². The molecule has 0 spiro atoms. The normalized spacial score (nSPS) is 15.7. The average molecular weight is 663 g/mol. The predicted molar refractivity (Wildman–Crippen MR) is 216 cm³/mol. The van der Waals surface area contributed by atoms with E-state index in [1.165, 1.54) is 40.5 Å². The molecule has 0 bridgehead atoms. The lowest BCUT2D eigenvalue weighted by Crippen LogP contribution is -1.74. The molecule has 0 nitrogen and oxygen atoms in total. The van der Waals surface area contributed by atoms with Gasteiger partial charge in [0.2, 0.25) is 0 Å². The first-order chi connectivity index (χ1) is 21.6. The molecule has 0 unspecified atom stereocenters. The van der Waals surface area contributed by atoms with Gasteiger partial charge < -0.3 is 0 Å². The van der Waals surface area contributed by atoms with Crippen molar-refractivity contribution in [1.29, 1.82) is 0 Å². The molecular weight excluding hydrogens is 621 g/mol. The van der Waals surface area contributed by atoms with Gasteiger partial charge in [0.15, 0.2) is 0 Å². The van der Waals surface area contributed by atoms with Crippen LogP contribution in [0.15, 0.2) is 189 Å². The molecule has 2 aliphatic heterocycles. The second kappa shape index (κ2) is 21.2. The van der Waals surface area contributed by atoms with Crippen LogP contribution in [0.5, 0.6) is 0 Å². The monoisotopic (exact) mass is 662 g/mol. The molecule has 2 aromatic carbocycles. The summed E-state index contributed by atoms with van der Waals surface area (Å²) in [5.41, 5.74) is 7.93. The van der Waals surface area contributed by atoms with E-state index in [1.807, 2.05) is 78.3 Å². The minimum Gasteiger partial charge on any atom is -0.0991 e. The van der Waals surface area contributed by atoms with Crippen molar-refractivity contribution < 1.29 is 0 Å². The van der Waals surface area contributed by atoms with Crippen molar-refractivity contribution >= 4 is 59.2 Å². The lowest BCUT2D eigenvalue weighted by atomic mass is 10.1. The van der Waals surface area contributed by atoms with Gasteiger partial charge in [-0.05, 0) is 66.0 Å². The molecule has 0 radical (unpaired) electrons. The Balaban J connectivity index is 0.000000343. The van der Waals surface area contributed by atoms with E-state index in [1.54, 1.807) is 18.2 Å². The van der Waals surface area contributed by atoms with Crippen LogP contribution in [0.3, 0.4) is 0 Å². The third-order valence-corrected chi connectivity index (χ3v) is 11.0. The first kappa shape index (κ1) is 37.6. The largest absolute Gasteiger partial charge is 0.0991 e. The average Bonchev–Trinajstić information content (AvgIpc) is 3.72. The first-order valence-electron chi connectivity index (χ1n) is 14.2. The van der Waals surface area contributed by atoms with E-state index in [9.17, 15) is 0 Å². The van der Waals surface area contributed by atoms with Gasteiger partial charge in [-0.25, -0.2) is 0 Å². The van der Waals surface area contributed by atoms with Crippen LogP contribution in [0, 0.1) is 13.8 Å². The Hall–Kier alpha value is -3.54. The van der Waals surface area contributed by atoms with Crippen molar-refractivity contribution in [3.63, 3.8) is 0 Å². The molecule has 0 aliphatic carbocycles. The van der Waals surface area contributed by atoms with E-state index in [-0.39, 0.29) is 0 Å². The fourth-order valence-electron chi connectivity index (χ4n) is 3.15. The van der Waals surface area contributed by atoms with Crippen molar-refractivity contribution in [3.8, 4) is 0 Å². The minimum atomic E-state index is 0.907. The molecular formula is C41H42S4. The number of hydrogen-bond donors (Lipinski definition) is 0. The second-order valence-corrected chi connectivity index (χ2v) is 14.3. The summed E-state index contributed by atoms with van der Waals surface area (Å²) < 4.78 is 2.77. The third kappa shape index (κ3) is 15.8. The molecule has 0 saturated carbocycles. The van der Waals surface area contributed by atoms with Crippen molar-refractivity contribution in [2.24, 2.45) is 0 Å². The summed E-state index contributed by atoms with van der Waals surface area (Å²) >= 11 is 7.40. The van der Waals surface area contributed by atoms with Crippen molar-refractivity contribution in [1.82, 2.24) is 0 Å². The van der Waals surface area contributed by atoms with E-state index < -0.39 is 0 Å². The molecule has 230 valence electrons.